The zero-order valence-electron chi connectivity index (χ0n) is 8.25. The second-order valence-corrected chi connectivity index (χ2v) is 6.56. The first-order valence-electron chi connectivity index (χ1n) is 3.46. The first-order chi connectivity index (χ1) is 7.26. The van der Waals surface area contributed by atoms with Gasteiger partial charge in [0, 0.05) is 14.2 Å². The predicted octanol–water partition coefficient (Wildman–Crippen LogP) is 0.706. The van der Waals surface area contributed by atoms with E-state index in [4.69, 9.17) is 14.9 Å². The molecular formula is C3H11O10P3. The lowest BCUT2D eigenvalue weighted by atomic mass is 11.6. The molecule has 0 aliphatic rings. The van der Waals surface area contributed by atoms with Gasteiger partial charge < -0.3 is 19.4 Å². The van der Waals surface area contributed by atoms with E-state index in [1.54, 1.807) is 0 Å². The number of phosphoric ester groups is 1. The Balaban J connectivity index is 4.44. The van der Waals surface area contributed by atoms with Crippen LogP contribution in [0.5, 0.6) is 0 Å². The third-order valence-electron chi connectivity index (χ3n) is 0.919. The van der Waals surface area contributed by atoms with Gasteiger partial charge in [0.25, 0.3) is 0 Å². The number of hydrogen-bond donors (Lipinski definition) is 3. The van der Waals surface area contributed by atoms with Crippen LogP contribution < -0.4 is 0 Å². The van der Waals surface area contributed by atoms with E-state index in [-0.39, 0.29) is 0 Å². The fraction of sp³-hybridized carbons (Fsp3) is 1.00. The lowest BCUT2D eigenvalue weighted by Gasteiger charge is -2.17. The Morgan fingerprint density at radius 2 is 1.75 bits per heavy atom. The Kier molecular flexibility index (Phi) is 7.36. The Bertz CT molecular complexity index is 291. The van der Waals surface area contributed by atoms with Gasteiger partial charge in [-0.05, 0) is 0 Å². The van der Waals surface area contributed by atoms with Crippen LogP contribution in [0, 0.1) is 0 Å². The number of aliphatic hydroxyl groups excluding tert-OH is 1. The van der Waals surface area contributed by atoms with Crippen molar-refractivity contribution in [2.75, 3.05) is 21.0 Å². The molecule has 3 N–H and O–H groups in total. The Labute approximate surface area is 92.3 Å². The van der Waals surface area contributed by atoms with Crippen molar-refractivity contribution in [2.45, 2.75) is 0 Å². The Hall–Kier alpha value is 0.570. The lowest BCUT2D eigenvalue weighted by Crippen LogP contribution is -1.96. The van der Waals surface area contributed by atoms with Crippen molar-refractivity contribution >= 4 is 24.2 Å². The molecule has 16 heavy (non-hydrogen) atoms. The smallest absolute Gasteiger partial charge is 0.370 e. The SMILES string of the molecule is COP(OCO)OP(=O)(O)OP(=O)(O)OC. The maximum Gasteiger partial charge on any atom is 0.487 e. The quantitative estimate of drug-likeness (QED) is 0.433. The summed E-state index contributed by atoms with van der Waals surface area (Å²) in [5.74, 6) is 0. The number of aliphatic hydroxyl groups is 1. The number of rotatable bonds is 8. The number of phosphoric acid groups is 2. The molecule has 0 aromatic heterocycles. The van der Waals surface area contributed by atoms with Gasteiger partial charge in [0.05, 0.1) is 0 Å². The van der Waals surface area contributed by atoms with E-state index >= 15 is 0 Å². The van der Waals surface area contributed by atoms with Crippen molar-refractivity contribution in [3.05, 3.63) is 0 Å². The minimum Gasteiger partial charge on any atom is -0.370 e. The molecule has 98 valence electrons. The van der Waals surface area contributed by atoms with Crippen LogP contribution in [0.25, 0.3) is 0 Å². The topological polar surface area (TPSA) is 141 Å². The molecule has 3 atom stereocenters. The summed E-state index contributed by atoms with van der Waals surface area (Å²) in [6.45, 7) is -0.833. The van der Waals surface area contributed by atoms with Crippen molar-refractivity contribution in [1.29, 1.82) is 0 Å². The first-order valence-corrected chi connectivity index (χ1v) is 7.55. The normalized spacial score (nSPS) is 21.1. The summed E-state index contributed by atoms with van der Waals surface area (Å²) in [4.78, 5) is 17.7. The largest absolute Gasteiger partial charge is 0.487 e. The van der Waals surface area contributed by atoms with Crippen LogP contribution in [0.15, 0.2) is 0 Å². The van der Waals surface area contributed by atoms with E-state index in [0.29, 0.717) is 0 Å². The minimum atomic E-state index is -4.90. The molecule has 10 nitrogen and oxygen atoms in total. The maximum atomic E-state index is 11.1. The van der Waals surface area contributed by atoms with Crippen LogP contribution in [0.3, 0.4) is 0 Å². The molecule has 3 unspecified atom stereocenters. The molecule has 0 saturated carbocycles. The standard InChI is InChI=1S/C3H11O10P3/c1-9-14(11-3-4)12-16(7,8)13-15(5,6)10-2/h4H,3H2,1-2H3,(H,5,6)(H,7,8). The second kappa shape index (κ2) is 7.10. The van der Waals surface area contributed by atoms with Crippen molar-refractivity contribution < 1.29 is 46.2 Å². The first kappa shape index (κ1) is 16.6. The van der Waals surface area contributed by atoms with Gasteiger partial charge in [-0.2, -0.15) is 4.31 Å². The van der Waals surface area contributed by atoms with Gasteiger partial charge in [-0.3, -0.25) is 9.05 Å². The molecule has 0 saturated heterocycles. The van der Waals surface area contributed by atoms with Crippen LogP contribution in [0.2, 0.25) is 0 Å². The van der Waals surface area contributed by atoms with E-state index < -0.39 is 31.0 Å². The van der Waals surface area contributed by atoms with Gasteiger partial charge in [0.2, 0.25) is 0 Å². The fourth-order valence-electron chi connectivity index (χ4n) is 0.420. The van der Waals surface area contributed by atoms with E-state index in [1.165, 1.54) is 0 Å². The molecule has 0 fully saturated rings. The third-order valence-corrected chi connectivity index (χ3v) is 5.01. The monoisotopic (exact) mass is 300 g/mol. The summed E-state index contributed by atoms with van der Waals surface area (Å²) in [6, 6.07) is 0. The van der Waals surface area contributed by atoms with Crippen LogP contribution >= 0.6 is 24.2 Å². The van der Waals surface area contributed by atoms with Crippen LogP contribution in [-0.2, 0) is 31.3 Å². The van der Waals surface area contributed by atoms with Crippen molar-refractivity contribution in [1.82, 2.24) is 0 Å². The van der Waals surface area contributed by atoms with Gasteiger partial charge in [-0.25, -0.2) is 13.4 Å². The molecule has 0 amide bonds. The van der Waals surface area contributed by atoms with Gasteiger partial charge in [0.1, 0.15) is 0 Å². The molecule has 0 aromatic rings. The molecule has 0 spiro atoms. The molecule has 0 aromatic carbocycles. The summed E-state index contributed by atoms with van der Waals surface area (Å²) in [5.41, 5.74) is 0. The van der Waals surface area contributed by atoms with Crippen molar-refractivity contribution in [2.24, 2.45) is 0 Å². The summed E-state index contributed by atoms with van der Waals surface area (Å²) >= 11 is 0. The van der Waals surface area contributed by atoms with E-state index in [9.17, 15) is 9.13 Å². The second-order valence-electron chi connectivity index (χ2n) is 1.95. The van der Waals surface area contributed by atoms with Gasteiger partial charge in [-0.15, -0.1) is 0 Å². The highest BCUT2D eigenvalue weighted by Gasteiger charge is 2.37. The van der Waals surface area contributed by atoms with Crippen molar-refractivity contribution in [3.63, 3.8) is 0 Å². The summed E-state index contributed by atoms with van der Waals surface area (Å²) in [5, 5.41) is 8.34. The van der Waals surface area contributed by atoms with E-state index in [2.05, 4.69) is 22.2 Å². The van der Waals surface area contributed by atoms with Crippen LogP contribution in [-0.4, -0.2) is 35.9 Å². The van der Waals surface area contributed by atoms with Crippen LogP contribution in [0.4, 0.5) is 0 Å². The van der Waals surface area contributed by atoms with E-state index in [1.807, 2.05) is 0 Å². The number of hydrogen-bond acceptors (Lipinski definition) is 8. The fourth-order valence-corrected chi connectivity index (χ4v) is 3.45. The highest BCUT2D eigenvalue weighted by molar-refractivity contribution is 7.65. The predicted molar refractivity (Wildman–Crippen MR) is 50.9 cm³/mol. The molecular weight excluding hydrogens is 289 g/mol. The van der Waals surface area contributed by atoms with Crippen LogP contribution in [0.1, 0.15) is 0 Å². The lowest BCUT2D eigenvalue weighted by molar-refractivity contribution is 0.0785. The summed E-state index contributed by atoms with van der Waals surface area (Å²) < 4.78 is 42.6. The van der Waals surface area contributed by atoms with Gasteiger partial charge >= 0.3 is 24.2 Å². The molecule has 0 radical (unpaired) electrons. The van der Waals surface area contributed by atoms with Crippen molar-refractivity contribution in [3.8, 4) is 0 Å². The molecule has 0 aliphatic heterocycles. The highest BCUT2D eigenvalue weighted by atomic mass is 31.3. The highest BCUT2D eigenvalue weighted by Crippen LogP contribution is 2.65. The average Bonchev–Trinajstić information content (AvgIpc) is 2.15. The Morgan fingerprint density at radius 3 is 2.12 bits per heavy atom. The Morgan fingerprint density at radius 1 is 1.19 bits per heavy atom. The van der Waals surface area contributed by atoms with Gasteiger partial charge in [0.15, 0.2) is 6.79 Å². The third kappa shape index (κ3) is 7.01. The molecule has 0 rings (SSSR count). The van der Waals surface area contributed by atoms with E-state index in [0.717, 1.165) is 14.2 Å². The zero-order chi connectivity index (χ0) is 12.8. The summed E-state index contributed by atoms with van der Waals surface area (Å²) in [6.07, 6.45) is 0. The molecule has 13 heteroatoms. The molecule has 0 bridgehead atoms. The average molecular weight is 300 g/mol. The summed E-state index contributed by atoms with van der Waals surface area (Å²) in [7, 11) is -10.1. The minimum absolute atomic E-state index is 0.796. The maximum absolute atomic E-state index is 11.1. The molecule has 0 heterocycles. The molecule has 0 aliphatic carbocycles. The zero-order valence-corrected chi connectivity index (χ0v) is 10.9. The van der Waals surface area contributed by atoms with Gasteiger partial charge in [-0.1, -0.05) is 0 Å².